The second-order valence-corrected chi connectivity index (χ2v) is 2.77. The molecule has 5 heteroatoms. The first-order chi connectivity index (χ1) is 6.89. The van der Waals surface area contributed by atoms with Crippen LogP contribution >= 0.6 is 0 Å². The van der Waals surface area contributed by atoms with Gasteiger partial charge in [0, 0.05) is 4.79 Å². The highest BCUT2D eigenvalue weighted by atomic mass is 19.4. The average molecular weight is 216 g/mol. The van der Waals surface area contributed by atoms with E-state index in [1.165, 1.54) is 19.4 Å². The first-order valence-electron chi connectivity index (χ1n) is 4.00. The van der Waals surface area contributed by atoms with E-state index in [0.29, 0.717) is 0 Å². The molecule has 0 atom stereocenters. The summed E-state index contributed by atoms with van der Waals surface area (Å²) in [5, 5.41) is 0. The molecular weight excluding hydrogens is 209 g/mol. The van der Waals surface area contributed by atoms with E-state index in [2.05, 4.69) is 10.4 Å². The van der Waals surface area contributed by atoms with Gasteiger partial charge in [-0.05, 0) is 11.1 Å². The molecule has 0 N–H and O–H groups in total. The molecule has 2 nitrogen and oxygen atoms in total. The van der Waals surface area contributed by atoms with Crippen LogP contribution in [0.5, 0.6) is 0 Å². The van der Waals surface area contributed by atoms with Crippen LogP contribution in [-0.4, -0.2) is 18.1 Å². The lowest BCUT2D eigenvalue weighted by Crippen LogP contribution is -2.11. The van der Waals surface area contributed by atoms with Gasteiger partial charge < -0.3 is 0 Å². The van der Waals surface area contributed by atoms with Gasteiger partial charge in [-0.2, -0.15) is 13.2 Å². The molecule has 1 aliphatic carbocycles. The van der Waals surface area contributed by atoms with E-state index in [1.54, 1.807) is 0 Å². The number of rotatable bonds is 0. The van der Waals surface area contributed by atoms with Crippen molar-refractivity contribution in [2.45, 2.75) is 13.1 Å². The molecular formula is C10H7F3O2. The molecule has 15 heavy (non-hydrogen) atoms. The van der Waals surface area contributed by atoms with Crippen LogP contribution < -0.4 is 0 Å². The van der Waals surface area contributed by atoms with Gasteiger partial charge in [-0.3, -0.25) is 4.42 Å². The molecule has 0 heterocycles. The summed E-state index contributed by atoms with van der Waals surface area (Å²) in [6.45, 7) is 1.18. The van der Waals surface area contributed by atoms with Gasteiger partial charge in [0.05, 0.1) is 6.92 Å². The van der Waals surface area contributed by atoms with Gasteiger partial charge in [-0.1, -0.05) is 0 Å². The molecule has 0 aromatic heterocycles. The third-order valence-electron chi connectivity index (χ3n) is 1.52. The fraction of sp³-hybridized carbons (Fsp3) is 0.200. The van der Waals surface area contributed by atoms with Crippen LogP contribution in [0.2, 0.25) is 0 Å². The fourth-order valence-electron chi connectivity index (χ4n) is 0.858. The molecule has 0 unspecified atom stereocenters. The average Bonchev–Trinajstić information content (AvgIpc) is 2.14. The summed E-state index contributed by atoms with van der Waals surface area (Å²) in [7, 11) is 0. The quantitative estimate of drug-likeness (QED) is 0.346. The monoisotopic (exact) mass is 216 g/mol. The summed E-state index contributed by atoms with van der Waals surface area (Å²) in [5.74, 6) is 1.63. The maximum atomic E-state index is 12.1. The Morgan fingerprint density at radius 1 is 1.47 bits per heavy atom. The number of halogens is 3. The lowest BCUT2D eigenvalue weighted by Gasteiger charge is -2.16. The number of carbonyl (C=O) groups is 1. The highest BCUT2D eigenvalue weighted by Gasteiger charge is 2.27. The first-order valence-corrected chi connectivity index (χ1v) is 4.00. The maximum Gasteiger partial charge on any atom is 0.576 e. The van der Waals surface area contributed by atoms with Crippen molar-refractivity contribution in [3.05, 3.63) is 35.8 Å². The molecule has 0 radical (unpaired) electrons. The molecule has 0 aromatic rings. The zero-order valence-electron chi connectivity index (χ0n) is 7.76. The molecule has 0 aliphatic heterocycles. The van der Waals surface area contributed by atoms with Crippen LogP contribution in [-0.2, 0) is 9.22 Å². The van der Waals surface area contributed by atoms with E-state index < -0.39 is 17.7 Å². The molecule has 0 saturated carbocycles. The predicted molar refractivity (Wildman–Crippen MR) is 47.5 cm³/mol. The number of hydrogen-bond donors (Lipinski definition) is 0. The summed E-state index contributed by atoms with van der Waals surface area (Å²) in [5.41, 5.74) is -0.478. The number of allylic oxidation sites excluding steroid dienone is 5. The SMILES string of the molecule is CC(=O)[O+]=C=C1C=CC(C(F)(F)F)=C[CH-]1. The smallest absolute Gasteiger partial charge is 0.277 e. The van der Waals surface area contributed by atoms with Crippen molar-refractivity contribution in [3.8, 4) is 0 Å². The second-order valence-electron chi connectivity index (χ2n) is 2.77. The van der Waals surface area contributed by atoms with E-state index in [-0.39, 0.29) is 5.57 Å². The van der Waals surface area contributed by atoms with Crippen molar-refractivity contribution in [3.63, 3.8) is 0 Å². The molecule has 1 aliphatic rings. The molecule has 0 aromatic carbocycles. The van der Waals surface area contributed by atoms with Crippen LogP contribution in [0, 0.1) is 6.42 Å². The highest BCUT2D eigenvalue weighted by molar-refractivity contribution is 5.73. The lowest BCUT2D eigenvalue weighted by atomic mass is 10.0. The Morgan fingerprint density at radius 3 is 2.53 bits per heavy atom. The minimum atomic E-state index is -4.36. The van der Waals surface area contributed by atoms with Gasteiger partial charge in [0.25, 0.3) is 0 Å². The minimum Gasteiger partial charge on any atom is -0.277 e. The maximum absolute atomic E-state index is 12.1. The summed E-state index contributed by atoms with van der Waals surface area (Å²) in [4.78, 5) is 10.4. The normalized spacial score (nSPS) is 15.2. The highest BCUT2D eigenvalue weighted by Crippen LogP contribution is 2.29. The second kappa shape index (κ2) is 4.19. The van der Waals surface area contributed by atoms with Gasteiger partial charge in [0.1, 0.15) is 5.94 Å². The Kier molecular flexibility index (Phi) is 3.17. The minimum absolute atomic E-state index is 0.276. The predicted octanol–water partition coefficient (Wildman–Crippen LogP) is 2.09. The third-order valence-corrected chi connectivity index (χ3v) is 1.52. The van der Waals surface area contributed by atoms with Crippen molar-refractivity contribution in [2.24, 2.45) is 0 Å². The molecule has 1 rings (SSSR count). The Bertz CT molecular complexity index is 393. The summed E-state index contributed by atoms with van der Waals surface area (Å²) < 4.78 is 40.8. The molecule has 80 valence electrons. The van der Waals surface area contributed by atoms with Crippen LogP contribution in [0.15, 0.2) is 29.4 Å². The molecule has 0 fully saturated rings. The number of carbonyl (C=O) groups excluding carboxylic acids is 2. The van der Waals surface area contributed by atoms with Gasteiger partial charge >= 0.3 is 12.1 Å². The summed E-state index contributed by atoms with van der Waals surface area (Å²) >= 11 is 0. The zero-order chi connectivity index (χ0) is 11.5. The van der Waals surface area contributed by atoms with E-state index in [1.807, 2.05) is 0 Å². The van der Waals surface area contributed by atoms with Gasteiger partial charge in [0.2, 0.25) is 0 Å². The van der Waals surface area contributed by atoms with Crippen molar-refractivity contribution in [1.82, 2.24) is 0 Å². The summed E-state index contributed by atoms with van der Waals surface area (Å²) in [6, 6.07) is 0. The standard InChI is InChI=1S/C10H7F3O2/c1-7(14)15-6-8-2-4-9(5-3-8)10(11,12)13/h2-5H,1H3. The van der Waals surface area contributed by atoms with Crippen LogP contribution in [0.25, 0.3) is 0 Å². The van der Waals surface area contributed by atoms with Crippen molar-refractivity contribution in [2.75, 3.05) is 0 Å². The van der Waals surface area contributed by atoms with Crippen LogP contribution in [0.1, 0.15) is 6.92 Å². The van der Waals surface area contributed by atoms with Gasteiger partial charge in [-0.15, -0.1) is 24.6 Å². The van der Waals surface area contributed by atoms with E-state index in [9.17, 15) is 18.0 Å². The van der Waals surface area contributed by atoms with Crippen molar-refractivity contribution >= 4 is 11.9 Å². The topological polar surface area (TPSA) is 28.4 Å². The summed E-state index contributed by atoms with van der Waals surface area (Å²) in [6.07, 6.45) is -0.227. The van der Waals surface area contributed by atoms with Gasteiger partial charge in [0.15, 0.2) is 0 Å². The lowest BCUT2D eigenvalue weighted by molar-refractivity contribution is -0.146. The molecule has 0 spiro atoms. The van der Waals surface area contributed by atoms with Gasteiger partial charge in [-0.25, -0.2) is 0 Å². The molecule has 0 bridgehead atoms. The Hall–Kier alpha value is -1.74. The Labute approximate surface area is 84.1 Å². The fourth-order valence-corrected chi connectivity index (χ4v) is 0.858. The number of alkyl halides is 3. The first kappa shape index (κ1) is 11.3. The third kappa shape index (κ3) is 3.48. The Balaban J connectivity index is 2.81. The zero-order valence-corrected chi connectivity index (χ0v) is 7.76. The number of hydrogen-bond acceptors (Lipinski definition) is 1. The van der Waals surface area contributed by atoms with Crippen LogP contribution in [0.4, 0.5) is 13.2 Å². The van der Waals surface area contributed by atoms with E-state index in [0.717, 1.165) is 12.2 Å². The van der Waals surface area contributed by atoms with Crippen LogP contribution in [0.3, 0.4) is 0 Å². The van der Waals surface area contributed by atoms with Crippen molar-refractivity contribution in [1.29, 1.82) is 0 Å². The van der Waals surface area contributed by atoms with E-state index >= 15 is 0 Å². The largest absolute Gasteiger partial charge is 0.576 e. The van der Waals surface area contributed by atoms with Crippen molar-refractivity contribution < 1.29 is 22.4 Å². The van der Waals surface area contributed by atoms with E-state index in [4.69, 9.17) is 0 Å². The molecule has 0 saturated heterocycles. The Morgan fingerprint density at radius 2 is 2.13 bits per heavy atom. The molecule has 0 amide bonds.